The van der Waals surface area contributed by atoms with Crippen LogP contribution in [0.3, 0.4) is 0 Å². The molecule has 2 aromatic carbocycles. The second kappa shape index (κ2) is 8.50. The SMILES string of the molecule is COc1cc2c(C(=O)N3CCN(CC#N)CC3)c(C)n(-c3ccccc3)c2cc1Br. The number of hydrogen-bond acceptors (Lipinski definition) is 4. The third kappa shape index (κ3) is 3.57. The Hall–Kier alpha value is -2.82. The van der Waals surface area contributed by atoms with Crippen molar-refractivity contribution >= 4 is 32.7 Å². The molecular formula is C23H23BrN4O2. The Morgan fingerprint density at radius 2 is 1.87 bits per heavy atom. The maximum absolute atomic E-state index is 13.6. The van der Waals surface area contributed by atoms with E-state index in [0.717, 1.165) is 26.8 Å². The van der Waals surface area contributed by atoms with Crippen LogP contribution in [0.25, 0.3) is 16.6 Å². The average molecular weight is 467 g/mol. The average Bonchev–Trinajstić information content (AvgIpc) is 3.04. The molecule has 0 radical (unpaired) electrons. The number of carbonyl (C=O) groups is 1. The van der Waals surface area contributed by atoms with E-state index in [1.165, 1.54) is 0 Å². The Morgan fingerprint density at radius 3 is 2.50 bits per heavy atom. The highest BCUT2D eigenvalue weighted by Crippen LogP contribution is 2.37. The predicted octanol–water partition coefficient (Wildman–Crippen LogP) is 3.99. The van der Waals surface area contributed by atoms with Crippen LogP contribution < -0.4 is 4.74 Å². The van der Waals surface area contributed by atoms with Crippen LogP contribution in [0.4, 0.5) is 0 Å². The number of aromatic nitrogens is 1. The van der Waals surface area contributed by atoms with Crippen LogP contribution in [0, 0.1) is 18.3 Å². The zero-order valence-corrected chi connectivity index (χ0v) is 18.6. The molecule has 1 saturated heterocycles. The molecule has 0 spiro atoms. The van der Waals surface area contributed by atoms with Gasteiger partial charge in [-0.05, 0) is 47.1 Å². The first-order valence-corrected chi connectivity index (χ1v) is 10.7. The fourth-order valence-corrected chi connectivity index (χ4v) is 4.61. The van der Waals surface area contributed by atoms with Crippen molar-refractivity contribution in [1.82, 2.24) is 14.4 Å². The third-order valence-corrected chi connectivity index (χ3v) is 6.28. The first-order valence-electron chi connectivity index (χ1n) is 9.87. The summed E-state index contributed by atoms with van der Waals surface area (Å²) in [7, 11) is 1.63. The highest BCUT2D eigenvalue weighted by molar-refractivity contribution is 9.10. The van der Waals surface area contributed by atoms with E-state index < -0.39 is 0 Å². The minimum atomic E-state index is 0.0214. The molecule has 1 aliphatic heterocycles. The van der Waals surface area contributed by atoms with E-state index in [1.54, 1.807) is 7.11 Å². The zero-order valence-electron chi connectivity index (χ0n) is 17.1. The molecular weight excluding hydrogens is 444 g/mol. The smallest absolute Gasteiger partial charge is 0.256 e. The molecule has 30 heavy (non-hydrogen) atoms. The summed E-state index contributed by atoms with van der Waals surface area (Å²) in [6.45, 7) is 5.05. The van der Waals surface area contributed by atoms with Crippen LogP contribution in [0.15, 0.2) is 46.9 Å². The lowest BCUT2D eigenvalue weighted by Gasteiger charge is -2.33. The molecule has 4 rings (SSSR count). The number of piperazine rings is 1. The van der Waals surface area contributed by atoms with Crippen molar-refractivity contribution in [2.75, 3.05) is 39.8 Å². The Morgan fingerprint density at radius 1 is 1.17 bits per heavy atom. The van der Waals surface area contributed by atoms with Crippen molar-refractivity contribution in [1.29, 1.82) is 5.26 Å². The number of halogens is 1. The van der Waals surface area contributed by atoms with E-state index in [1.807, 2.05) is 54.3 Å². The Labute approximate surface area is 184 Å². The number of ether oxygens (including phenoxy) is 1. The number of carbonyl (C=O) groups excluding carboxylic acids is 1. The molecule has 3 aromatic rings. The summed E-state index contributed by atoms with van der Waals surface area (Å²) in [5.41, 5.74) is 3.57. The summed E-state index contributed by atoms with van der Waals surface area (Å²) in [5, 5.41) is 9.79. The molecule has 1 aliphatic rings. The predicted molar refractivity (Wildman–Crippen MR) is 120 cm³/mol. The van der Waals surface area contributed by atoms with Gasteiger partial charge in [-0.1, -0.05) is 18.2 Å². The molecule has 0 atom stereocenters. The highest BCUT2D eigenvalue weighted by atomic mass is 79.9. The number of nitrogens with zero attached hydrogens (tertiary/aromatic N) is 4. The number of amides is 1. The summed E-state index contributed by atoms with van der Waals surface area (Å²) in [4.78, 5) is 17.6. The van der Waals surface area contributed by atoms with Gasteiger partial charge in [0.05, 0.1) is 35.3 Å². The number of benzene rings is 2. The fourth-order valence-electron chi connectivity index (χ4n) is 4.12. The van der Waals surface area contributed by atoms with Gasteiger partial charge in [0.1, 0.15) is 5.75 Å². The van der Waals surface area contributed by atoms with Gasteiger partial charge in [-0.2, -0.15) is 5.26 Å². The fraction of sp³-hybridized carbons (Fsp3) is 0.304. The van der Waals surface area contributed by atoms with Crippen LogP contribution >= 0.6 is 15.9 Å². The quantitative estimate of drug-likeness (QED) is 0.545. The number of rotatable bonds is 4. The molecule has 0 unspecified atom stereocenters. The zero-order chi connectivity index (χ0) is 21.3. The summed E-state index contributed by atoms with van der Waals surface area (Å²) in [5.74, 6) is 0.716. The van der Waals surface area contributed by atoms with Crippen molar-refractivity contribution in [2.24, 2.45) is 0 Å². The molecule has 154 valence electrons. The highest BCUT2D eigenvalue weighted by Gasteiger charge is 2.28. The number of para-hydroxylation sites is 1. The Kier molecular flexibility index (Phi) is 5.80. The van der Waals surface area contributed by atoms with Crippen molar-refractivity contribution in [2.45, 2.75) is 6.92 Å². The second-order valence-electron chi connectivity index (χ2n) is 7.36. The summed E-state index contributed by atoms with van der Waals surface area (Å²) < 4.78 is 8.48. The van der Waals surface area contributed by atoms with E-state index in [2.05, 4.69) is 31.5 Å². The largest absolute Gasteiger partial charge is 0.496 e. The van der Waals surface area contributed by atoms with E-state index in [-0.39, 0.29) is 5.91 Å². The standard InChI is InChI=1S/C23H23BrN4O2/c1-16-22(23(29)27-12-10-26(9-8-25)11-13-27)18-14-21(30-2)19(24)15-20(18)28(16)17-6-4-3-5-7-17/h3-7,14-15H,9-13H2,1-2H3. The van der Waals surface area contributed by atoms with Gasteiger partial charge in [0.15, 0.2) is 0 Å². The van der Waals surface area contributed by atoms with Crippen molar-refractivity contribution < 1.29 is 9.53 Å². The van der Waals surface area contributed by atoms with Crippen LogP contribution in [0.1, 0.15) is 16.1 Å². The van der Waals surface area contributed by atoms with Gasteiger partial charge >= 0.3 is 0 Å². The van der Waals surface area contributed by atoms with Gasteiger partial charge in [0, 0.05) is 42.9 Å². The van der Waals surface area contributed by atoms with Crippen LogP contribution in [0.5, 0.6) is 5.75 Å². The molecule has 1 amide bonds. The lowest BCUT2D eigenvalue weighted by atomic mass is 10.1. The van der Waals surface area contributed by atoms with Crippen LogP contribution in [0.2, 0.25) is 0 Å². The third-order valence-electron chi connectivity index (χ3n) is 5.66. The second-order valence-corrected chi connectivity index (χ2v) is 8.22. The van der Waals surface area contributed by atoms with Crippen molar-refractivity contribution in [3.8, 4) is 17.5 Å². The number of hydrogen-bond donors (Lipinski definition) is 0. The van der Waals surface area contributed by atoms with E-state index in [0.29, 0.717) is 44.0 Å². The van der Waals surface area contributed by atoms with Gasteiger partial charge in [0.2, 0.25) is 0 Å². The molecule has 6 nitrogen and oxygen atoms in total. The van der Waals surface area contributed by atoms with Gasteiger partial charge in [-0.3, -0.25) is 9.69 Å². The minimum Gasteiger partial charge on any atom is -0.496 e. The van der Waals surface area contributed by atoms with Gasteiger partial charge < -0.3 is 14.2 Å². The van der Waals surface area contributed by atoms with Crippen LogP contribution in [-0.4, -0.2) is 60.1 Å². The molecule has 1 aromatic heterocycles. The molecule has 0 bridgehead atoms. The molecule has 1 fully saturated rings. The summed E-state index contributed by atoms with van der Waals surface area (Å²) in [6.07, 6.45) is 0. The maximum atomic E-state index is 13.6. The molecule has 0 N–H and O–H groups in total. The lowest BCUT2D eigenvalue weighted by Crippen LogP contribution is -2.48. The summed E-state index contributed by atoms with van der Waals surface area (Å²) >= 11 is 3.59. The molecule has 2 heterocycles. The maximum Gasteiger partial charge on any atom is 0.256 e. The van der Waals surface area contributed by atoms with Gasteiger partial charge in [-0.15, -0.1) is 0 Å². The Balaban J connectivity index is 1.82. The topological polar surface area (TPSA) is 61.5 Å². The Bertz CT molecular complexity index is 1130. The van der Waals surface area contributed by atoms with Crippen molar-refractivity contribution in [3.63, 3.8) is 0 Å². The van der Waals surface area contributed by atoms with Gasteiger partial charge in [-0.25, -0.2) is 0 Å². The van der Waals surface area contributed by atoms with E-state index in [4.69, 9.17) is 10.00 Å². The lowest BCUT2D eigenvalue weighted by molar-refractivity contribution is 0.0653. The first-order chi connectivity index (χ1) is 14.5. The normalized spacial score (nSPS) is 14.7. The first kappa shape index (κ1) is 20.5. The van der Waals surface area contributed by atoms with E-state index >= 15 is 0 Å². The van der Waals surface area contributed by atoms with E-state index in [9.17, 15) is 4.79 Å². The summed E-state index contributed by atoms with van der Waals surface area (Å²) in [6, 6.07) is 16.2. The monoisotopic (exact) mass is 466 g/mol. The molecule has 0 aliphatic carbocycles. The van der Waals surface area contributed by atoms with Gasteiger partial charge in [0.25, 0.3) is 5.91 Å². The minimum absolute atomic E-state index is 0.0214. The van der Waals surface area contributed by atoms with Crippen LogP contribution in [-0.2, 0) is 0 Å². The number of fused-ring (bicyclic) bond motifs is 1. The number of nitriles is 1. The van der Waals surface area contributed by atoms with Crippen molar-refractivity contribution in [3.05, 3.63) is 58.2 Å². The molecule has 0 saturated carbocycles. The number of methoxy groups -OCH3 is 1. The molecule has 7 heteroatoms.